The topological polar surface area (TPSA) is 76.1 Å². The van der Waals surface area contributed by atoms with Crippen LogP contribution >= 0.6 is 23.2 Å². The third kappa shape index (κ3) is 5.11. The van der Waals surface area contributed by atoms with Crippen molar-refractivity contribution in [3.8, 4) is 16.9 Å². The van der Waals surface area contributed by atoms with Crippen LogP contribution in [0.3, 0.4) is 0 Å². The lowest BCUT2D eigenvalue weighted by atomic mass is 10.1. The van der Waals surface area contributed by atoms with E-state index in [0.29, 0.717) is 58.9 Å². The van der Waals surface area contributed by atoms with Crippen molar-refractivity contribution in [1.82, 2.24) is 19.7 Å². The molecule has 0 unspecified atom stereocenters. The van der Waals surface area contributed by atoms with E-state index in [-0.39, 0.29) is 22.7 Å². The van der Waals surface area contributed by atoms with E-state index >= 15 is 4.39 Å². The van der Waals surface area contributed by atoms with Crippen LogP contribution < -0.4 is 15.5 Å². The number of nitrogen functional groups attached to an aromatic ring is 1. The fourth-order valence-corrected chi connectivity index (χ4v) is 5.14. The predicted molar refractivity (Wildman–Crippen MR) is 152 cm³/mol. The molecular formula is C28H21Cl2F4N7. The number of benzene rings is 3. The summed E-state index contributed by atoms with van der Waals surface area (Å²) in [5.74, 6) is 0.00490. The number of rotatable bonds is 4. The molecule has 0 atom stereocenters. The number of anilines is 3. The Bertz CT molecular complexity index is 1760. The molecule has 0 aliphatic carbocycles. The summed E-state index contributed by atoms with van der Waals surface area (Å²) in [6.45, 7) is 1.69. The summed E-state index contributed by atoms with van der Waals surface area (Å²) in [7, 11) is 0. The SMILES string of the molecule is Nc1c2c(-c3ccccc3F)nc(N3CCN(c4cccc(C(F)(F)F)c4)CC3)nc2nn1-c1ccc(Cl)c(Cl)c1. The molecule has 3 heterocycles. The number of aromatic nitrogens is 4. The van der Waals surface area contributed by atoms with Gasteiger partial charge in [-0.3, -0.25) is 0 Å². The summed E-state index contributed by atoms with van der Waals surface area (Å²) in [6.07, 6.45) is -4.42. The van der Waals surface area contributed by atoms with Crippen LogP contribution in [0, 0.1) is 5.82 Å². The molecule has 2 aromatic heterocycles. The first-order valence-corrected chi connectivity index (χ1v) is 13.3. The third-order valence-electron chi connectivity index (χ3n) is 6.94. The van der Waals surface area contributed by atoms with E-state index in [4.69, 9.17) is 33.9 Å². The Hall–Kier alpha value is -4.09. The number of halogens is 6. The number of nitrogens with zero attached hydrogens (tertiary/aromatic N) is 6. The van der Waals surface area contributed by atoms with Crippen molar-refractivity contribution in [2.75, 3.05) is 41.7 Å². The molecular weight excluding hydrogens is 581 g/mol. The van der Waals surface area contributed by atoms with Gasteiger partial charge in [0.1, 0.15) is 11.6 Å². The van der Waals surface area contributed by atoms with Gasteiger partial charge in [0.05, 0.1) is 32.4 Å². The van der Waals surface area contributed by atoms with Crippen molar-refractivity contribution in [2.45, 2.75) is 6.18 Å². The first-order chi connectivity index (χ1) is 19.6. The smallest absolute Gasteiger partial charge is 0.383 e. The van der Waals surface area contributed by atoms with Crippen LogP contribution in [0.5, 0.6) is 0 Å². The minimum absolute atomic E-state index is 0.192. The Morgan fingerprint density at radius 2 is 1.51 bits per heavy atom. The standard InChI is InChI=1S/C28H21Cl2F4N7/c29-20-9-8-18(15-21(20)30)41-25(35)23-24(19-6-1-2-7-22(19)31)36-27(37-26(23)38-41)40-12-10-39(11-13-40)17-5-3-4-16(14-17)28(32,33)34/h1-9,14-15H,10-13,35H2. The van der Waals surface area contributed by atoms with Crippen LogP contribution in [-0.2, 0) is 6.18 Å². The Balaban J connectivity index is 1.38. The average Bonchev–Trinajstić information content (AvgIpc) is 3.30. The lowest BCUT2D eigenvalue weighted by molar-refractivity contribution is -0.137. The number of hydrogen-bond acceptors (Lipinski definition) is 6. The van der Waals surface area contributed by atoms with Crippen molar-refractivity contribution in [2.24, 2.45) is 0 Å². The minimum Gasteiger partial charge on any atom is -0.383 e. The molecule has 0 spiro atoms. The van der Waals surface area contributed by atoms with Gasteiger partial charge in [-0.05, 0) is 48.5 Å². The minimum atomic E-state index is -4.42. The summed E-state index contributed by atoms with van der Waals surface area (Å²) in [5, 5.41) is 5.63. The van der Waals surface area contributed by atoms with Crippen molar-refractivity contribution in [3.63, 3.8) is 0 Å². The first-order valence-electron chi connectivity index (χ1n) is 12.5. The molecule has 7 nitrogen and oxygen atoms in total. The van der Waals surface area contributed by atoms with Gasteiger partial charge in [0, 0.05) is 37.4 Å². The van der Waals surface area contributed by atoms with Crippen LogP contribution in [0.4, 0.5) is 35.0 Å². The van der Waals surface area contributed by atoms with E-state index in [9.17, 15) is 13.2 Å². The highest BCUT2D eigenvalue weighted by atomic mass is 35.5. The summed E-state index contributed by atoms with van der Waals surface area (Å²) in [6, 6.07) is 16.4. The summed E-state index contributed by atoms with van der Waals surface area (Å²) < 4.78 is 56.2. The van der Waals surface area contributed by atoms with Crippen molar-refractivity contribution >= 4 is 51.7 Å². The average molecular weight is 602 g/mol. The second-order valence-corrected chi connectivity index (χ2v) is 10.3. The molecule has 1 aliphatic rings. The van der Waals surface area contributed by atoms with Gasteiger partial charge in [-0.2, -0.15) is 18.2 Å². The van der Waals surface area contributed by atoms with Crippen LogP contribution in [0.1, 0.15) is 5.56 Å². The van der Waals surface area contributed by atoms with Crippen LogP contribution in [-0.4, -0.2) is 45.9 Å². The van der Waals surface area contributed by atoms with Crippen LogP contribution in [0.2, 0.25) is 10.0 Å². The number of nitrogens with two attached hydrogens (primary N) is 1. The molecule has 0 amide bonds. The Labute approximate surface area is 241 Å². The van der Waals surface area contributed by atoms with Gasteiger partial charge in [0.25, 0.3) is 0 Å². The van der Waals surface area contributed by atoms with Crippen molar-refractivity contribution in [1.29, 1.82) is 0 Å². The molecule has 5 aromatic rings. The van der Waals surface area contributed by atoms with E-state index in [1.54, 1.807) is 42.5 Å². The van der Waals surface area contributed by atoms with Gasteiger partial charge in [-0.25, -0.2) is 14.1 Å². The number of alkyl halides is 3. The first kappa shape index (κ1) is 27.1. The summed E-state index contributed by atoms with van der Waals surface area (Å²) in [5.41, 5.74) is 7.58. The van der Waals surface area contributed by atoms with Crippen LogP contribution in [0.25, 0.3) is 28.0 Å². The van der Waals surface area contributed by atoms with Gasteiger partial charge in [0.2, 0.25) is 5.95 Å². The second kappa shape index (κ2) is 10.4. The molecule has 2 N–H and O–H groups in total. The van der Waals surface area contributed by atoms with E-state index in [1.165, 1.54) is 16.8 Å². The molecule has 0 radical (unpaired) electrons. The fourth-order valence-electron chi connectivity index (χ4n) is 4.85. The van der Waals surface area contributed by atoms with E-state index in [2.05, 4.69) is 10.1 Å². The highest BCUT2D eigenvalue weighted by Crippen LogP contribution is 2.36. The second-order valence-electron chi connectivity index (χ2n) is 9.47. The van der Waals surface area contributed by atoms with E-state index in [1.807, 2.05) is 9.80 Å². The molecule has 13 heteroatoms. The Morgan fingerprint density at radius 1 is 0.780 bits per heavy atom. The predicted octanol–water partition coefficient (Wildman–Crippen LogP) is 6.86. The molecule has 1 saturated heterocycles. The maximum atomic E-state index is 15.0. The molecule has 210 valence electrons. The van der Waals surface area contributed by atoms with E-state index < -0.39 is 17.6 Å². The number of piperazine rings is 1. The molecule has 1 aliphatic heterocycles. The van der Waals surface area contributed by atoms with Gasteiger partial charge in [-0.15, -0.1) is 5.10 Å². The maximum Gasteiger partial charge on any atom is 0.416 e. The summed E-state index contributed by atoms with van der Waals surface area (Å²) in [4.78, 5) is 13.2. The third-order valence-corrected chi connectivity index (χ3v) is 7.67. The molecule has 3 aromatic carbocycles. The zero-order valence-corrected chi connectivity index (χ0v) is 22.7. The lowest BCUT2D eigenvalue weighted by Gasteiger charge is -2.36. The summed E-state index contributed by atoms with van der Waals surface area (Å²) >= 11 is 12.3. The highest BCUT2D eigenvalue weighted by Gasteiger charge is 2.31. The highest BCUT2D eigenvalue weighted by molar-refractivity contribution is 6.42. The zero-order valence-electron chi connectivity index (χ0n) is 21.2. The quantitative estimate of drug-likeness (QED) is 0.227. The number of fused-ring (bicyclic) bond motifs is 1. The normalized spacial score (nSPS) is 14.2. The Morgan fingerprint density at radius 3 is 2.22 bits per heavy atom. The van der Waals surface area contributed by atoms with Crippen LogP contribution in [0.15, 0.2) is 66.7 Å². The fraction of sp³-hybridized carbons (Fsp3) is 0.179. The lowest BCUT2D eigenvalue weighted by Crippen LogP contribution is -2.47. The van der Waals surface area contributed by atoms with E-state index in [0.717, 1.165) is 12.1 Å². The van der Waals surface area contributed by atoms with Gasteiger partial charge in [0.15, 0.2) is 5.65 Å². The molecule has 6 rings (SSSR count). The maximum absolute atomic E-state index is 15.0. The molecule has 0 bridgehead atoms. The van der Waals surface area contributed by atoms with Crippen molar-refractivity contribution in [3.05, 3.63) is 88.2 Å². The van der Waals surface area contributed by atoms with Gasteiger partial charge in [-0.1, -0.05) is 41.4 Å². The largest absolute Gasteiger partial charge is 0.416 e. The zero-order chi connectivity index (χ0) is 28.9. The molecule has 0 saturated carbocycles. The van der Waals surface area contributed by atoms with Gasteiger partial charge >= 0.3 is 6.18 Å². The number of hydrogen-bond donors (Lipinski definition) is 1. The molecule has 41 heavy (non-hydrogen) atoms. The Kier molecular flexibility index (Phi) is 6.87. The molecule has 1 fully saturated rings. The monoisotopic (exact) mass is 601 g/mol. The van der Waals surface area contributed by atoms with Gasteiger partial charge < -0.3 is 15.5 Å². The van der Waals surface area contributed by atoms with Crippen molar-refractivity contribution < 1.29 is 17.6 Å².